The van der Waals surface area contributed by atoms with Crippen molar-refractivity contribution in [1.82, 2.24) is 4.90 Å². The Morgan fingerprint density at radius 2 is 1.80 bits per heavy atom. The summed E-state index contributed by atoms with van der Waals surface area (Å²) in [6.45, 7) is 9.89. The zero-order chi connectivity index (χ0) is 21.6. The molecule has 0 radical (unpaired) electrons. The maximum absolute atomic E-state index is 12.1. The van der Waals surface area contributed by atoms with Gasteiger partial charge >= 0.3 is 6.09 Å². The van der Waals surface area contributed by atoms with Gasteiger partial charge in [0.25, 0.3) is 0 Å². The molecule has 0 N–H and O–H groups in total. The summed E-state index contributed by atoms with van der Waals surface area (Å²) >= 11 is 0. The smallest absolute Gasteiger partial charge is 0.410 e. The molecule has 2 aliphatic rings. The Balaban J connectivity index is 1.34. The van der Waals surface area contributed by atoms with Crippen molar-refractivity contribution in [1.29, 1.82) is 0 Å². The first-order valence-electron chi connectivity index (χ1n) is 11.2. The van der Waals surface area contributed by atoms with Gasteiger partial charge in [-0.2, -0.15) is 0 Å². The molecular formula is C24H36N2O4. The Labute approximate surface area is 180 Å². The lowest BCUT2D eigenvalue weighted by molar-refractivity contribution is -0.0287. The van der Waals surface area contributed by atoms with Crippen molar-refractivity contribution in [2.75, 3.05) is 26.3 Å². The predicted octanol–water partition coefficient (Wildman–Crippen LogP) is 4.72. The number of fused-ring (bicyclic) bond motifs is 1. The second kappa shape index (κ2) is 10.3. The van der Waals surface area contributed by atoms with Gasteiger partial charge in [-0.3, -0.25) is 0 Å². The van der Waals surface area contributed by atoms with Gasteiger partial charge in [-0.15, -0.1) is 0 Å². The molecule has 1 aromatic rings. The monoisotopic (exact) mass is 416 g/mol. The SMILES string of the molecule is C/C(=N/OCCOC1CCN(C(=O)OC(C)(C)C)CC1)c1ccc2c(c1)CCCC2. The minimum absolute atomic E-state index is 0.151. The van der Waals surface area contributed by atoms with Crippen LogP contribution >= 0.6 is 0 Å². The molecule has 6 nitrogen and oxygen atoms in total. The van der Waals surface area contributed by atoms with Crippen molar-refractivity contribution >= 4 is 11.8 Å². The van der Waals surface area contributed by atoms with Crippen molar-refractivity contribution in [3.8, 4) is 0 Å². The molecule has 166 valence electrons. The zero-order valence-corrected chi connectivity index (χ0v) is 18.9. The van der Waals surface area contributed by atoms with Crippen LogP contribution in [0.4, 0.5) is 4.79 Å². The van der Waals surface area contributed by atoms with Crippen LogP contribution in [0, 0.1) is 0 Å². The van der Waals surface area contributed by atoms with Crippen molar-refractivity contribution in [3.63, 3.8) is 0 Å². The summed E-state index contributed by atoms with van der Waals surface area (Å²) in [6.07, 6.45) is 6.47. The van der Waals surface area contributed by atoms with Gasteiger partial charge in [-0.25, -0.2) is 4.79 Å². The zero-order valence-electron chi connectivity index (χ0n) is 18.9. The van der Waals surface area contributed by atoms with Crippen molar-refractivity contribution < 1.29 is 19.1 Å². The number of nitrogens with zero attached hydrogens (tertiary/aromatic N) is 2. The predicted molar refractivity (Wildman–Crippen MR) is 118 cm³/mol. The fraction of sp³-hybridized carbons (Fsp3) is 0.667. The Morgan fingerprint density at radius 1 is 1.10 bits per heavy atom. The van der Waals surface area contributed by atoms with Crippen LogP contribution in [-0.2, 0) is 27.2 Å². The molecule has 1 saturated heterocycles. The van der Waals surface area contributed by atoms with E-state index < -0.39 is 5.60 Å². The largest absolute Gasteiger partial charge is 0.444 e. The molecule has 0 aromatic heterocycles. The molecular weight excluding hydrogens is 380 g/mol. The third-order valence-corrected chi connectivity index (χ3v) is 5.59. The second-order valence-corrected chi connectivity index (χ2v) is 9.24. The number of likely N-dealkylation sites (tertiary alicyclic amines) is 1. The van der Waals surface area contributed by atoms with Crippen molar-refractivity contribution in [2.45, 2.75) is 77.9 Å². The number of carbonyl (C=O) groups excluding carboxylic acids is 1. The number of amides is 1. The fourth-order valence-electron chi connectivity index (χ4n) is 3.94. The highest BCUT2D eigenvalue weighted by atomic mass is 16.6. The van der Waals surface area contributed by atoms with E-state index >= 15 is 0 Å². The molecule has 6 heteroatoms. The van der Waals surface area contributed by atoms with Crippen LogP contribution < -0.4 is 0 Å². The van der Waals surface area contributed by atoms with Gasteiger partial charge in [0.15, 0.2) is 0 Å². The number of piperidine rings is 1. The van der Waals surface area contributed by atoms with Crippen molar-refractivity contribution in [3.05, 3.63) is 34.9 Å². The molecule has 0 atom stereocenters. The molecule has 1 aliphatic carbocycles. The summed E-state index contributed by atoms with van der Waals surface area (Å²) in [5.74, 6) is 0. The van der Waals surface area contributed by atoms with Crippen LogP contribution in [0.2, 0.25) is 0 Å². The minimum Gasteiger partial charge on any atom is -0.444 e. The normalized spacial score (nSPS) is 18.1. The molecule has 1 fully saturated rings. The molecule has 1 amide bonds. The summed E-state index contributed by atoms with van der Waals surface area (Å²) in [5, 5.41) is 4.26. The first kappa shape index (κ1) is 22.6. The maximum Gasteiger partial charge on any atom is 0.410 e. The molecule has 0 unspecified atom stereocenters. The molecule has 3 rings (SSSR count). The summed E-state index contributed by atoms with van der Waals surface area (Å²) < 4.78 is 11.3. The lowest BCUT2D eigenvalue weighted by atomic mass is 9.90. The van der Waals surface area contributed by atoms with Gasteiger partial charge in [0, 0.05) is 13.1 Å². The highest BCUT2D eigenvalue weighted by molar-refractivity contribution is 5.98. The first-order valence-corrected chi connectivity index (χ1v) is 11.2. The van der Waals surface area contributed by atoms with E-state index in [9.17, 15) is 4.79 Å². The van der Waals surface area contributed by atoms with E-state index in [2.05, 4.69) is 23.4 Å². The summed E-state index contributed by atoms with van der Waals surface area (Å²) in [6, 6.07) is 6.63. The van der Waals surface area contributed by atoms with Gasteiger partial charge in [-0.1, -0.05) is 17.3 Å². The molecule has 1 aliphatic heterocycles. The molecule has 1 heterocycles. The summed E-state index contributed by atoms with van der Waals surface area (Å²) in [7, 11) is 0. The van der Waals surface area contributed by atoms with Gasteiger partial charge in [0.05, 0.1) is 18.4 Å². The fourth-order valence-corrected chi connectivity index (χ4v) is 3.94. The van der Waals surface area contributed by atoms with E-state index in [1.54, 1.807) is 4.90 Å². The Kier molecular flexibility index (Phi) is 7.75. The highest BCUT2D eigenvalue weighted by Gasteiger charge is 2.27. The number of hydrogen-bond acceptors (Lipinski definition) is 5. The van der Waals surface area contributed by atoms with Gasteiger partial charge < -0.3 is 19.2 Å². The number of rotatable bonds is 6. The molecule has 1 aromatic carbocycles. The van der Waals surface area contributed by atoms with E-state index in [1.165, 1.54) is 30.4 Å². The number of hydrogen-bond donors (Lipinski definition) is 0. The molecule has 30 heavy (non-hydrogen) atoms. The van der Waals surface area contributed by atoms with Gasteiger partial charge in [-0.05, 0) is 89.0 Å². The van der Waals surface area contributed by atoms with Gasteiger partial charge in [0.2, 0.25) is 0 Å². The van der Waals surface area contributed by atoms with E-state index in [0.29, 0.717) is 26.3 Å². The van der Waals surface area contributed by atoms with Crippen LogP contribution in [0.5, 0.6) is 0 Å². The summed E-state index contributed by atoms with van der Waals surface area (Å²) in [4.78, 5) is 19.3. The standard InChI is InChI=1S/C24H36N2O4/c1-18(20-10-9-19-7-5-6-8-21(19)17-20)25-29-16-15-28-22-11-13-26(14-12-22)23(27)30-24(2,3)4/h9-10,17,22H,5-8,11-16H2,1-4H3/b25-18-. The summed E-state index contributed by atoms with van der Waals surface area (Å²) in [5.41, 5.74) is 4.50. The number of carbonyl (C=O) groups is 1. The second-order valence-electron chi connectivity index (χ2n) is 9.24. The topological polar surface area (TPSA) is 60.4 Å². The number of benzene rings is 1. The third kappa shape index (κ3) is 6.73. The molecule has 0 bridgehead atoms. The lowest BCUT2D eigenvalue weighted by Crippen LogP contribution is -2.43. The first-order chi connectivity index (χ1) is 14.3. The lowest BCUT2D eigenvalue weighted by Gasteiger charge is -2.33. The van der Waals surface area contributed by atoms with Gasteiger partial charge in [0.1, 0.15) is 12.2 Å². The average molecular weight is 417 g/mol. The number of ether oxygens (including phenoxy) is 2. The quantitative estimate of drug-likeness (QED) is 0.382. The van der Waals surface area contributed by atoms with Crippen LogP contribution in [0.3, 0.4) is 0 Å². The molecule has 0 spiro atoms. The highest BCUT2D eigenvalue weighted by Crippen LogP contribution is 2.22. The average Bonchev–Trinajstić information content (AvgIpc) is 2.72. The van der Waals surface area contributed by atoms with Crippen LogP contribution in [0.1, 0.15) is 70.1 Å². The van der Waals surface area contributed by atoms with E-state index in [1.807, 2.05) is 27.7 Å². The van der Waals surface area contributed by atoms with Crippen molar-refractivity contribution in [2.24, 2.45) is 5.16 Å². The molecule has 0 saturated carbocycles. The Morgan fingerprint density at radius 3 is 2.50 bits per heavy atom. The van der Waals surface area contributed by atoms with Crippen LogP contribution in [-0.4, -0.2) is 54.7 Å². The minimum atomic E-state index is -0.459. The third-order valence-electron chi connectivity index (χ3n) is 5.59. The Bertz CT molecular complexity index is 746. The van der Waals surface area contributed by atoms with Crippen LogP contribution in [0.25, 0.3) is 0 Å². The number of aryl methyl sites for hydroxylation is 2. The Hall–Kier alpha value is -2.08. The van der Waals surface area contributed by atoms with Crippen LogP contribution in [0.15, 0.2) is 23.4 Å². The maximum atomic E-state index is 12.1. The van der Waals surface area contributed by atoms with E-state index in [0.717, 1.165) is 30.5 Å². The number of oxime groups is 1. The van der Waals surface area contributed by atoms with E-state index in [4.69, 9.17) is 14.3 Å². The van der Waals surface area contributed by atoms with E-state index in [-0.39, 0.29) is 12.2 Å².